The first kappa shape index (κ1) is 13.3. The van der Waals surface area contributed by atoms with Gasteiger partial charge in [-0.15, -0.1) is 0 Å². The first-order chi connectivity index (χ1) is 8.52. The molecule has 18 heavy (non-hydrogen) atoms. The van der Waals surface area contributed by atoms with Crippen LogP contribution in [0.2, 0.25) is 0 Å². The summed E-state index contributed by atoms with van der Waals surface area (Å²) in [4.78, 5) is 25.5. The van der Waals surface area contributed by atoms with Crippen LogP contribution in [0.15, 0.2) is 22.7 Å². The molecule has 0 radical (unpaired) electrons. The van der Waals surface area contributed by atoms with Gasteiger partial charge >= 0.3 is 0 Å². The lowest BCUT2D eigenvalue weighted by Crippen LogP contribution is -2.32. The Morgan fingerprint density at radius 3 is 2.78 bits per heavy atom. The Labute approximate surface area is 115 Å². The number of benzene rings is 1. The van der Waals surface area contributed by atoms with Crippen LogP contribution in [0.3, 0.4) is 0 Å². The largest absolute Gasteiger partial charge is 0.278 e. The van der Waals surface area contributed by atoms with Gasteiger partial charge in [0, 0.05) is 17.4 Å². The quantitative estimate of drug-likeness (QED) is 0.787. The lowest BCUT2D eigenvalue weighted by molar-refractivity contribution is -0.125. The van der Waals surface area contributed by atoms with Gasteiger partial charge in [0.1, 0.15) is 0 Å². The first-order valence-electron chi connectivity index (χ1n) is 6.13. The highest BCUT2D eigenvalue weighted by atomic mass is 79.9. The van der Waals surface area contributed by atoms with E-state index >= 15 is 0 Å². The summed E-state index contributed by atoms with van der Waals surface area (Å²) >= 11 is 3.39. The van der Waals surface area contributed by atoms with Crippen LogP contribution in [0, 0.1) is 12.8 Å². The normalized spacial score (nSPS) is 19.4. The van der Waals surface area contributed by atoms with Crippen LogP contribution in [0.25, 0.3) is 0 Å². The second-order valence-electron chi connectivity index (χ2n) is 4.77. The number of hydrogen-bond donors (Lipinski definition) is 0. The molecule has 1 atom stereocenters. The molecule has 1 heterocycles. The standard InChI is InChI=1S/C14H16BrNO2/c1-3-10-7-13(17)16(8-10)14(18)11-5-4-9(2)6-12(11)15/h4-6,10H,3,7-8H2,1-2H3. The van der Waals surface area contributed by atoms with Gasteiger partial charge in [0.25, 0.3) is 5.91 Å². The van der Waals surface area contributed by atoms with Gasteiger partial charge in [0.2, 0.25) is 5.91 Å². The van der Waals surface area contributed by atoms with Gasteiger partial charge in [-0.25, -0.2) is 0 Å². The SMILES string of the molecule is CCC1CC(=O)N(C(=O)c2ccc(C)cc2Br)C1. The number of aryl methyl sites for hydroxylation is 1. The van der Waals surface area contributed by atoms with Gasteiger partial charge in [-0.2, -0.15) is 0 Å². The van der Waals surface area contributed by atoms with Crippen LogP contribution in [-0.2, 0) is 4.79 Å². The van der Waals surface area contributed by atoms with E-state index in [-0.39, 0.29) is 11.8 Å². The zero-order chi connectivity index (χ0) is 13.3. The van der Waals surface area contributed by atoms with Crippen LogP contribution in [-0.4, -0.2) is 23.3 Å². The Kier molecular flexibility index (Phi) is 3.85. The van der Waals surface area contributed by atoms with Crippen molar-refractivity contribution in [3.8, 4) is 0 Å². The Morgan fingerprint density at radius 1 is 1.50 bits per heavy atom. The predicted octanol–water partition coefficient (Wildman–Crippen LogP) is 3.16. The molecule has 0 bridgehead atoms. The average molecular weight is 310 g/mol. The number of imide groups is 1. The van der Waals surface area contributed by atoms with Gasteiger partial charge in [0.05, 0.1) is 5.56 Å². The Hall–Kier alpha value is -1.16. The zero-order valence-corrected chi connectivity index (χ0v) is 12.2. The Morgan fingerprint density at radius 2 is 2.22 bits per heavy atom. The van der Waals surface area contributed by atoms with Crippen molar-refractivity contribution in [1.82, 2.24) is 4.90 Å². The number of carbonyl (C=O) groups excluding carboxylic acids is 2. The zero-order valence-electron chi connectivity index (χ0n) is 10.6. The fourth-order valence-corrected chi connectivity index (χ4v) is 2.85. The van der Waals surface area contributed by atoms with Gasteiger partial charge in [-0.05, 0) is 46.5 Å². The Balaban J connectivity index is 2.24. The molecule has 1 fully saturated rings. The summed E-state index contributed by atoms with van der Waals surface area (Å²) in [6.45, 7) is 4.56. The molecule has 96 valence electrons. The highest BCUT2D eigenvalue weighted by Gasteiger charge is 2.33. The summed E-state index contributed by atoms with van der Waals surface area (Å²) < 4.78 is 0.750. The van der Waals surface area contributed by atoms with E-state index in [0.29, 0.717) is 24.4 Å². The second-order valence-corrected chi connectivity index (χ2v) is 5.63. The van der Waals surface area contributed by atoms with E-state index in [1.165, 1.54) is 4.90 Å². The second kappa shape index (κ2) is 5.22. The fraction of sp³-hybridized carbons (Fsp3) is 0.429. The maximum absolute atomic E-state index is 12.3. The third-order valence-corrected chi connectivity index (χ3v) is 4.04. The molecule has 0 aromatic heterocycles. The number of hydrogen-bond acceptors (Lipinski definition) is 2. The summed E-state index contributed by atoms with van der Waals surface area (Å²) in [7, 11) is 0. The summed E-state index contributed by atoms with van der Waals surface area (Å²) in [5, 5.41) is 0. The number of likely N-dealkylation sites (tertiary alicyclic amines) is 1. The number of rotatable bonds is 2. The van der Waals surface area contributed by atoms with Gasteiger partial charge in [-0.3, -0.25) is 14.5 Å². The molecule has 1 saturated heterocycles. The van der Waals surface area contributed by atoms with E-state index in [9.17, 15) is 9.59 Å². The monoisotopic (exact) mass is 309 g/mol. The lowest BCUT2D eigenvalue weighted by atomic mass is 10.1. The van der Waals surface area contributed by atoms with Crippen molar-refractivity contribution in [3.63, 3.8) is 0 Å². The summed E-state index contributed by atoms with van der Waals surface area (Å²) in [5.74, 6) is 0.0628. The summed E-state index contributed by atoms with van der Waals surface area (Å²) in [5.41, 5.74) is 1.64. The Bertz CT molecular complexity index is 499. The average Bonchev–Trinajstić information content (AvgIpc) is 2.70. The van der Waals surface area contributed by atoms with Crippen molar-refractivity contribution in [2.24, 2.45) is 5.92 Å². The summed E-state index contributed by atoms with van der Waals surface area (Å²) in [6.07, 6.45) is 1.43. The van der Waals surface area contributed by atoms with Crippen LogP contribution in [0.4, 0.5) is 0 Å². The van der Waals surface area contributed by atoms with Crippen molar-refractivity contribution in [1.29, 1.82) is 0 Å². The number of nitrogens with zero attached hydrogens (tertiary/aromatic N) is 1. The summed E-state index contributed by atoms with van der Waals surface area (Å²) in [6, 6.07) is 5.55. The molecule has 1 aliphatic heterocycles. The molecule has 2 amide bonds. The molecular formula is C14H16BrNO2. The van der Waals surface area contributed by atoms with Crippen LogP contribution < -0.4 is 0 Å². The third kappa shape index (κ3) is 2.48. The molecule has 1 aromatic carbocycles. The molecule has 1 aliphatic rings. The first-order valence-corrected chi connectivity index (χ1v) is 6.93. The van der Waals surface area contributed by atoms with Gasteiger partial charge in [0.15, 0.2) is 0 Å². The molecule has 1 unspecified atom stereocenters. The molecule has 0 N–H and O–H groups in total. The minimum Gasteiger partial charge on any atom is -0.278 e. The van der Waals surface area contributed by atoms with Crippen LogP contribution in [0.1, 0.15) is 35.7 Å². The van der Waals surface area contributed by atoms with Crippen LogP contribution in [0.5, 0.6) is 0 Å². The predicted molar refractivity (Wildman–Crippen MR) is 73.3 cm³/mol. The van der Waals surface area contributed by atoms with E-state index in [2.05, 4.69) is 15.9 Å². The van der Waals surface area contributed by atoms with Crippen molar-refractivity contribution < 1.29 is 9.59 Å². The number of carbonyl (C=O) groups is 2. The smallest absolute Gasteiger partial charge is 0.261 e. The van der Waals surface area contributed by atoms with Gasteiger partial charge in [-0.1, -0.05) is 19.4 Å². The van der Waals surface area contributed by atoms with Crippen molar-refractivity contribution in [2.45, 2.75) is 26.7 Å². The van der Waals surface area contributed by atoms with E-state index in [1.54, 1.807) is 6.07 Å². The molecule has 0 saturated carbocycles. The van der Waals surface area contributed by atoms with Crippen molar-refractivity contribution in [2.75, 3.05) is 6.54 Å². The molecular weight excluding hydrogens is 294 g/mol. The van der Waals surface area contributed by atoms with Gasteiger partial charge < -0.3 is 0 Å². The number of amides is 2. The van der Waals surface area contributed by atoms with E-state index in [1.807, 2.05) is 26.0 Å². The van der Waals surface area contributed by atoms with Crippen LogP contribution >= 0.6 is 15.9 Å². The molecule has 0 spiro atoms. The van der Waals surface area contributed by atoms with E-state index < -0.39 is 0 Å². The molecule has 3 nitrogen and oxygen atoms in total. The molecule has 2 rings (SSSR count). The molecule has 0 aliphatic carbocycles. The minimum atomic E-state index is -0.192. The molecule has 4 heteroatoms. The highest BCUT2D eigenvalue weighted by molar-refractivity contribution is 9.10. The fourth-order valence-electron chi connectivity index (χ4n) is 2.19. The molecule has 1 aromatic rings. The topological polar surface area (TPSA) is 37.4 Å². The minimum absolute atomic E-state index is 0.0562. The lowest BCUT2D eigenvalue weighted by Gasteiger charge is -2.15. The third-order valence-electron chi connectivity index (χ3n) is 3.38. The highest BCUT2D eigenvalue weighted by Crippen LogP contribution is 2.25. The van der Waals surface area contributed by atoms with Crippen molar-refractivity contribution in [3.05, 3.63) is 33.8 Å². The maximum atomic E-state index is 12.3. The van der Waals surface area contributed by atoms with Crippen molar-refractivity contribution >= 4 is 27.7 Å². The van der Waals surface area contributed by atoms with E-state index in [4.69, 9.17) is 0 Å². The number of halogens is 1. The van der Waals surface area contributed by atoms with E-state index in [0.717, 1.165) is 16.5 Å². The maximum Gasteiger partial charge on any atom is 0.261 e.